The van der Waals surface area contributed by atoms with E-state index in [0.29, 0.717) is 28.6 Å². The van der Waals surface area contributed by atoms with Gasteiger partial charge < -0.3 is 20.3 Å². The molecular formula is C24H30N6O4S. The van der Waals surface area contributed by atoms with E-state index in [2.05, 4.69) is 20.6 Å². The van der Waals surface area contributed by atoms with Gasteiger partial charge in [0, 0.05) is 19.6 Å². The SMILES string of the molecule is CCNC(=O)[C@H]1CCCN(c2nc3ncn(CC(=O)N[C@H](C)c4ccc(OC)cc4)c(=O)c3s2)C1. The number of ether oxygens (including phenoxy) is 1. The summed E-state index contributed by atoms with van der Waals surface area (Å²) in [5.74, 6) is 0.402. The highest BCUT2D eigenvalue weighted by molar-refractivity contribution is 7.22. The number of benzene rings is 1. The Morgan fingerprint density at radius 1 is 1.29 bits per heavy atom. The smallest absolute Gasteiger partial charge is 0.273 e. The van der Waals surface area contributed by atoms with Gasteiger partial charge in [-0.15, -0.1) is 0 Å². The van der Waals surface area contributed by atoms with Crippen molar-refractivity contribution in [3.63, 3.8) is 0 Å². The van der Waals surface area contributed by atoms with E-state index in [0.717, 1.165) is 30.7 Å². The monoisotopic (exact) mass is 498 g/mol. The normalized spacial score (nSPS) is 16.7. The first-order chi connectivity index (χ1) is 16.9. The number of anilines is 1. The number of nitrogens with zero attached hydrogens (tertiary/aromatic N) is 4. The summed E-state index contributed by atoms with van der Waals surface area (Å²) >= 11 is 1.26. The first kappa shape index (κ1) is 24.6. The predicted octanol–water partition coefficient (Wildman–Crippen LogP) is 2.09. The molecule has 4 rings (SSSR count). The number of rotatable bonds is 8. The number of fused-ring (bicyclic) bond motifs is 1. The zero-order valence-electron chi connectivity index (χ0n) is 20.1. The molecule has 2 N–H and O–H groups in total. The highest BCUT2D eigenvalue weighted by Crippen LogP contribution is 2.29. The molecule has 10 nitrogen and oxygen atoms in total. The van der Waals surface area contributed by atoms with Gasteiger partial charge in [-0.2, -0.15) is 4.98 Å². The summed E-state index contributed by atoms with van der Waals surface area (Å²) in [5.41, 5.74) is 0.987. The van der Waals surface area contributed by atoms with Gasteiger partial charge in [0.25, 0.3) is 5.56 Å². The van der Waals surface area contributed by atoms with Crippen molar-refractivity contribution >= 4 is 38.6 Å². The quantitative estimate of drug-likeness (QED) is 0.488. The summed E-state index contributed by atoms with van der Waals surface area (Å²) in [6, 6.07) is 7.22. The molecule has 2 amide bonds. The molecular weight excluding hydrogens is 468 g/mol. The van der Waals surface area contributed by atoms with Crippen LogP contribution in [0.4, 0.5) is 5.13 Å². The molecule has 3 aromatic rings. The molecule has 0 radical (unpaired) electrons. The van der Waals surface area contributed by atoms with Crippen molar-refractivity contribution in [3.05, 3.63) is 46.5 Å². The van der Waals surface area contributed by atoms with Crippen molar-refractivity contribution in [2.45, 2.75) is 39.3 Å². The largest absolute Gasteiger partial charge is 0.497 e. The van der Waals surface area contributed by atoms with Gasteiger partial charge in [0.1, 0.15) is 23.3 Å². The maximum absolute atomic E-state index is 13.1. The predicted molar refractivity (Wildman–Crippen MR) is 135 cm³/mol. The first-order valence-corrected chi connectivity index (χ1v) is 12.5. The molecule has 11 heteroatoms. The number of hydrogen-bond donors (Lipinski definition) is 2. The van der Waals surface area contributed by atoms with Crippen molar-refractivity contribution in [2.24, 2.45) is 5.92 Å². The summed E-state index contributed by atoms with van der Waals surface area (Å²) in [5, 5.41) is 6.48. The summed E-state index contributed by atoms with van der Waals surface area (Å²) < 4.78 is 6.87. The third kappa shape index (κ3) is 5.61. The molecule has 2 atom stereocenters. The van der Waals surface area contributed by atoms with Gasteiger partial charge in [-0.05, 0) is 44.4 Å². The Bertz CT molecular complexity index is 1260. The molecule has 0 unspecified atom stereocenters. The number of carbonyl (C=O) groups is 2. The average molecular weight is 499 g/mol. The second-order valence-electron chi connectivity index (χ2n) is 8.57. The van der Waals surface area contributed by atoms with Crippen LogP contribution < -0.4 is 25.8 Å². The fourth-order valence-corrected chi connectivity index (χ4v) is 5.19. The molecule has 35 heavy (non-hydrogen) atoms. The van der Waals surface area contributed by atoms with Crippen LogP contribution in [0.25, 0.3) is 10.3 Å². The molecule has 1 aromatic carbocycles. The lowest BCUT2D eigenvalue weighted by molar-refractivity contribution is -0.125. The average Bonchev–Trinajstić information content (AvgIpc) is 3.31. The van der Waals surface area contributed by atoms with Crippen molar-refractivity contribution in [1.82, 2.24) is 25.2 Å². The maximum Gasteiger partial charge on any atom is 0.273 e. The van der Waals surface area contributed by atoms with Crippen molar-refractivity contribution < 1.29 is 14.3 Å². The fraction of sp³-hybridized carbons (Fsp3) is 0.458. The third-order valence-corrected chi connectivity index (χ3v) is 7.19. The number of aromatic nitrogens is 3. The second-order valence-corrected chi connectivity index (χ2v) is 9.55. The van der Waals surface area contributed by atoms with Crippen molar-refractivity contribution in [2.75, 3.05) is 31.6 Å². The standard InChI is InChI=1S/C24H30N6O4S/c1-4-25-22(32)17-6-5-11-29(12-17)24-28-21-20(35-24)23(33)30(14-26-21)13-19(31)27-15(2)16-7-9-18(34-3)10-8-16/h7-10,14-15,17H,4-6,11-13H2,1-3H3,(H,25,32)(H,27,31)/t15-,17+/m1/s1. The van der Waals surface area contributed by atoms with Gasteiger partial charge in [-0.1, -0.05) is 23.5 Å². The van der Waals surface area contributed by atoms with Crippen LogP contribution in [0.1, 0.15) is 38.3 Å². The summed E-state index contributed by atoms with van der Waals surface area (Å²) in [6.45, 7) is 5.58. The maximum atomic E-state index is 13.1. The summed E-state index contributed by atoms with van der Waals surface area (Å²) in [6.07, 6.45) is 3.07. The minimum absolute atomic E-state index is 0.0497. The van der Waals surface area contributed by atoms with E-state index in [1.165, 1.54) is 22.2 Å². The van der Waals surface area contributed by atoms with Crippen molar-refractivity contribution in [3.8, 4) is 5.75 Å². The lowest BCUT2D eigenvalue weighted by Gasteiger charge is -2.31. The second kappa shape index (κ2) is 10.9. The Balaban J connectivity index is 1.45. The summed E-state index contributed by atoms with van der Waals surface area (Å²) in [4.78, 5) is 48.9. The molecule has 1 aliphatic heterocycles. The third-order valence-electron chi connectivity index (χ3n) is 6.09. The van der Waals surface area contributed by atoms with E-state index in [1.807, 2.05) is 43.0 Å². The number of nitrogens with one attached hydrogen (secondary N) is 2. The van der Waals surface area contributed by atoms with E-state index >= 15 is 0 Å². The number of thiazole rings is 1. The highest BCUT2D eigenvalue weighted by Gasteiger charge is 2.27. The highest BCUT2D eigenvalue weighted by atomic mass is 32.1. The molecule has 0 saturated carbocycles. The zero-order valence-corrected chi connectivity index (χ0v) is 20.9. The van der Waals surface area contributed by atoms with Gasteiger partial charge in [0.15, 0.2) is 10.8 Å². The van der Waals surface area contributed by atoms with Crippen LogP contribution in [0.5, 0.6) is 5.75 Å². The molecule has 186 valence electrons. The van der Waals surface area contributed by atoms with Gasteiger partial charge in [0.2, 0.25) is 11.8 Å². The van der Waals surface area contributed by atoms with Crippen LogP contribution in [0.3, 0.4) is 0 Å². The van der Waals surface area contributed by atoms with Gasteiger partial charge >= 0.3 is 0 Å². The zero-order chi connectivity index (χ0) is 24.9. The van der Waals surface area contributed by atoms with E-state index in [-0.39, 0.29) is 35.9 Å². The number of hydrogen-bond acceptors (Lipinski definition) is 8. The van der Waals surface area contributed by atoms with Gasteiger partial charge in [0.05, 0.1) is 19.1 Å². The number of methoxy groups -OCH3 is 1. The van der Waals surface area contributed by atoms with Crippen LogP contribution in [0.2, 0.25) is 0 Å². The van der Waals surface area contributed by atoms with Gasteiger partial charge in [-0.3, -0.25) is 19.0 Å². The van der Waals surface area contributed by atoms with E-state index < -0.39 is 0 Å². The molecule has 1 saturated heterocycles. The Hall–Kier alpha value is -3.47. The molecule has 3 heterocycles. The Morgan fingerprint density at radius 2 is 2.06 bits per heavy atom. The molecule has 1 aliphatic rings. The topological polar surface area (TPSA) is 118 Å². The van der Waals surface area contributed by atoms with Crippen LogP contribution in [0.15, 0.2) is 35.4 Å². The minimum Gasteiger partial charge on any atom is -0.497 e. The lowest BCUT2D eigenvalue weighted by atomic mass is 9.97. The minimum atomic E-state index is -0.303. The van der Waals surface area contributed by atoms with E-state index in [1.54, 1.807) is 7.11 Å². The van der Waals surface area contributed by atoms with E-state index in [4.69, 9.17) is 4.74 Å². The van der Waals surface area contributed by atoms with Crippen LogP contribution in [-0.4, -0.2) is 53.1 Å². The van der Waals surface area contributed by atoms with Crippen LogP contribution in [-0.2, 0) is 16.1 Å². The number of amides is 2. The van der Waals surface area contributed by atoms with Crippen LogP contribution >= 0.6 is 11.3 Å². The Labute approximate surface area is 207 Å². The number of piperidine rings is 1. The number of carbonyl (C=O) groups excluding carboxylic acids is 2. The Kier molecular flexibility index (Phi) is 7.64. The van der Waals surface area contributed by atoms with Crippen molar-refractivity contribution in [1.29, 1.82) is 0 Å². The summed E-state index contributed by atoms with van der Waals surface area (Å²) in [7, 11) is 1.60. The molecule has 1 fully saturated rings. The first-order valence-electron chi connectivity index (χ1n) is 11.7. The molecule has 0 aliphatic carbocycles. The Morgan fingerprint density at radius 3 is 2.77 bits per heavy atom. The molecule has 0 spiro atoms. The molecule has 0 bridgehead atoms. The fourth-order valence-electron chi connectivity index (χ4n) is 4.18. The van der Waals surface area contributed by atoms with E-state index in [9.17, 15) is 14.4 Å². The van der Waals surface area contributed by atoms with Crippen LogP contribution in [0, 0.1) is 5.92 Å². The lowest BCUT2D eigenvalue weighted by Crippen LogP contribution is -2.43. The molecule has 2 aromatic heterocycles. The van der Waals surface area contributed by atoms with Gasteiger partial charge in [-0.25, -0.2) is 4.98 Å².